The molecule has 0 aromatic heterocycles. The van der Waals surface area contributed by atoms with Gasteiger partial charge in [0, 0.05) is 13.5 Å². The van der Waals surface area contributed by atoms with Crippen molar-refractivity contribution in [3.05, 3.63) is 35.9 Å². The molecule has 2 N–H and O–H groups in total. The number of hydrogen-bond donors (Lipinski definition) is 2. The highest BCUT2D eigenvalue weighted by molar-refractivity contribution is 5.82. The average Bonchev–Trinajstić information content (AvgIpc) is 2.37. The number of carboxylic acid groups (broad SMARTS) is 1. The van der Waals surface area contributed by atoms with Crippen molar-refractivity contribution in [1.82, 2.24) is 5.32 Å². The molecule has 0 saturated heterocycles. The first-order valence-corrected chi connectivity index (χ1v) is 6.21. The molecule has 0 aliphatic rings. The van der Waals surface area contributed by atoms with Crippen LogP contribution in [-0.2, 0) is 20.7 Å². The van der Waals surface area contributed by atoms with E-state index in [1.807, 2.05) is 30.3 Å². The molecule has 5 heteroatoms. The van der Waals surface area contributed by atoms with Crippen molar-refractivity contribution >= 4 is 11.9 Å². The summed E-state index contributed by atoms with van der Waals surface area (Å²) in [6.45, 7) is 1.74. The molecule has 5 nitrogen and oxygen atoms in total. The second kappa shape index (κ2) is 8.26. The van der Waals surface area contributed by atoms with Gasteiger partial charge in [-0.05, 0) is 18.4 Å². The predicted molar refractivity (Wildman–Crippen MR) is 70.8 cm³/mol. The van der Waals surface area contributed by atoms with Gasteiger partial charge >= 0.3 is 5.97 Å². The van der Waals surface area contributed by atoms with Crippen molar-refractivity contribution in [1.29, 1.82) is 0 Å². The number of aliphatic carboxylic acids is 1. The van der Waals surface area contributed by atoms with Gasteiger partial charge in [0.05, 0.1) is 6.61 Å². The van der Waals surface area contributed by atoms with Crippen LogP contribution >= 0.6 is 0 Å². The lowest BCUT2D eigenvalue weighted by Gasteiger charge is -2.13. The van der Waals surface area contributed by atoms with Crippen LogP contribution in [0, 0.1) is 0 Å². The summed E-state index contributed by atoms with van der Waals surface area (Å²) < 4.78 is 5.28. The third kappa shape index (κ3) is 6.57. The maximum absolute atomic E-state index is 10.8. The van der Waals surface area contributed by atoms with E-state index in [1.165, 1.54) is 12.5 Å². The zero-order valence-corrected chi connectivity index (χ0v) is 11.0. The Balaban J connectivity index is 2.18. The molecule has 1 atom stereocenters. The highest BCUT2D eigenvalue weighted by Gasteiger charge is 2.17. The summed E-state index contributed by atoms with van der Waals surface area (Å²) in [6.07, 6.45) is 1.70. The third-order valence-corrected chi connectivity index (χ3v) is 2.56. The molecule has 0 radical (unpaired) electrons. The summed E-state index contributed by atoms with van der Waals surface area (Å²) in [5.74, 6) is -1.46. The molecule has 1 amide bonds. The largest absolute Gasteiger partial charge is 0.480 e. The van der Waals surface area contributed by atoms with Gasteiger partial charge in [-0.25, -0.2) is 4.79 Å². The minimum Gasteiger partial charge on any atom is -0.480 e. The van der Waals surface area contributed by atoms with Gasteiger partial charge < -0.3 is 15.2 Å². The van der Waals surface area contributed by atoms with Crippen LogP contribution in [-0.4, -0.2) is 36.2 Å². The number of rotatable bonds is 8. The van der Waals surface area contributed by atoms with E-state index in [4.69, 9.17) is 9.84 Å². The fraction of sp³-hybridized carbons (Fsp3) is 0.429. The molecule has 0 aliphatic carbocycles. The standard InChI is InChI=1S/C14H19NO4/c1-11(16)15-13(14(17)18)10-19-9-5-8-12-6-3-2-4-7-12/h2-4,6-7,13H,5,8-10H2,1H3,(H,15,16)(H,17,18). The molecule has 1 unspecified atom stereocenters. The highest BCUT2D eigenvalue weighted by Crippen LogP contribution is 2.02. The summed E-state index contributed by atoms with van der Waals surface area (Å²) in [5, 5.41) is 11.2. The van der Waals surface area contributed by atoms with Crippen LogP contribution in [0.25, 0.3) is 0 Å². The molecule has 0 bridgehead atoms. The number of benzene rings is 1. The van der Waals surface area contributed by atoms with E-state index >= 15 is 0 Å². The molecule has 1 rings (SSSR count). The molecular formula is C14H19NO4. The lowest BCUT2D eigenvalue weighted by molar-refractivity contribution is -0.143. The van der Waals surface area contributed by atoms with Gasteiger partial charge in [-0.3, -0.25) is 4.79 Å². The van der Waals surface area contributed by atoms with Gasteiger partial charge in [-0.2, -0.15) is 0 Å². The lowest BCUT2D eigenvalue weighted by atomic mass is 10.1. The molecular weight excluding hydrogens is 246 g/mol. The maximum atomic E-state index is 10.8. The summed E-state index contributed by atoms with van der Waals surface area (Å²) in [4.78, 5) is 21.6. The van der Waals surface area contributed by atoms with E-state index in [2.05, 4.69) is 5.32 Å². The van der Waals surface area contributed by atoms with Crippen LogP contribution in [0.3, 0.4) is 0 Å². The average molecular weight is 265 g/mol. The van der Waals surface area contributed by atoms with Gasteiger partial charge in [0.25, 0.3) is 0 Å². The number of amides is 1. The van der Waals surface area contributed by atoms with Crippen LogP contribution in [0.15, 0.2) is 30.3 Å². The zero-order valence-electron chi connectivity index (χ0n) is 11.0. The van der Waals surface area contributed by atoms with E-state index < -0.39 is 12.0 Å². The Labute approximate surface area is 112 Å². The number of hydrogen-bond acceptors (Lipinski definition) is 3. The van der Waals surface area contributed by atoms with Crippen molar-refractivity contribution in [3.8, 4) is 0 Å². The number of nitrogens with one attached hydrogen (secondary N) is 1. The summed E-state index contributed by atoms with van der Waals surface area (Å²) >= 11 is 0. The quantitative estimate of drug-likeness (QED) is 0.693. The van der Waals surface area contributed by atoms with Gasteiger partial charge in [0.2, 0.25) is 5.91 Å². The van der Waals surface area contributed by atoms with Crippen molar-refractivity contribution < 1.29 is 19.4 Å². The van der Waals surface area contributed by atoms with Gasteiger partial charge in [-0.1, -0.05) is 30.3 Å². The Kier molecular flexibility index (Phi) is 6.60. The van der Waals surface area contributed by atoms with Crippen LogP contribution in [0.5, 0.6) is 0 Å². The van der Waals surface area contributed by atoms with E-state index in [1.54, 1.807) is 0 Å². The Morgan fingerprint density at radius 1 is 1.32 bits per heavy atom. The Morgan fingerprint density at radius 2 is 2.00 bits per heavy atom. The van der Waals surface area contributed by atoms with Crippen molar-refractivity contribution in [3.63, 3.8) is 0 Å². The summed E-state index contributed by atoms with van der Waals surface area (Å²) in [7, 11) is 0. The predicted octanol–water partition coefficient (Wildman–Crippen LogP) is 1.23. The van der Waals surface area contributed by atoms with Gasteiger partial charge in [-0.15, -0.1) is 0 Å². The smallest absolute Gasteiger partial charge is 0.328 e. The van der Waals surface area contributed by atoms with Gasteiger partial charge in [0.1, 0.15) is 0 Å². The number of carbonyl (C=O) groups excluding carboxylic acids is 1. The Bertz CT molecular complexity index is 405. The minimum absolute atomic E-state index is 0.0102. The highest BCUT2D eigenvalue weighted by atomic mass is 16.5. The first-order valence-electron chi connectivity index (χ1n) is 6.21. The van der Waals surface area contributed by atoms with E-state index in [0.717, 1.165) is 12.8 Å². The Hall–Kier alpha value is -1.88. The maximum Gasteiger partial charge on any atom is 0.328 e. The number of carboxylic acids is 1. The molecule has 0 saturated carbocycles. The normalized spacial score (nSPS) is 11.8. The van der Waals surface area contributed by atoms with E-state index in [-0.39, 0.29) is 12.5 Å². The second-order valence-electron chi connectivity index (χ2n) is 4.26. The topological polar surface area (TPSA) is 75.6 Å². The van der Waals surface area contributed by atoms with Crippen molar-refractivity contribution in [2.24, 2.45) is 0 Å². The number of carbonyl (C=O) groups is 2. The number of aryl methyl sites for hydroxylation is 1. The Morgan fingerprint density at radius 3 is 2.58 bits per heavy atom. The molecule has 1 aromatic carbocycles. The lowest BCUT2D eigenvalue weighted by Crippen LogP contribution is -2.43. The molecule has 0 fully saturated rings. The minimum atomic E-state index is -1.08. The van der Waals surface area contributed by atoms with E-state index in [0.29, 0.717) is 6.61 Å². The molecule has 0 heterocycles. The molecule has 1 aromatic rings. The first kappa shape index (κ1) is 15.2. The van der Waals surface area contributed by atoms with Crippen molar-refractivity contribution in [2.75, 3.05) is 13.2 Å². The summed E-state index contributed by atoms with van der Waals surface area (Å²) in [5.41, 5.74) is 1.22. The van der Waals surface area contributed by atoms with Gasteiger partial charge in [0.15, 0.2) is 6.04 Å². The van der Waals surface area contributed by atoms with Crippen LogP contribution in [0.2, 0.25) is 0 Å². The molecule has 19 heavy (non-hydrogen) atoms. The SMILES string of the molecule is CC(=O)NC(COCCCc1ccccc1)C(=O)O. The van der Waals surface area contributed by atoms with E-state index in [9.17, 15) is 9.59 Å². The molecule has 0 spiro atoms. The molecule has 104 valence electrons. The monoisotopic (exact) mass is 265 g/mol. The fourth-order valence-corrected chi connectivity index (χ4v) is 1.64. The summed E-state index contributed by atoms with van der Waals surface area (Å²) in [6, 6.07) is 9.02. The molecule has 0 aliphatic heterocycles. The van der Waals surface area contributed by atoms with Crippen LogP contribution in [0.4, 0.5) is 0 Å². The first-order chi connectivity index (χ1) is 9.09. The fourth-order valence-electron chi connectivity index (χ4n) is 1.64. The zero-order chi connectivity index (χ0) is 14.1. The second-order valence-corrected chi connectivity index (χ2v) is 4.26. The van der Waals surface area contributed by atoms with Crippen LogP contribution < -0.4 is 5.32 Å². The van der Waals surface area contributed by atoms with Crippen molar-refractivity contribution in [2.45, 2.75) is 25.8 Å². The third-order valence-electron chi connectivity index (χ3n) is 2.56. The number of ether oxygens (including phenoxy) is 1. The van der Waals surface area contributed by atoms with Crippen LogP contribution in [0.1, 0.15) is 18.9 Å².